The highest BCUT2D eigenvalue weighted by atomic mass is 35.5. The third-order valence-corrected chi connectivity index (χ3v) is 7.33. The third-order valence-electron chi connectivity index (χ3n) is 6.04. The van der Waals surface area contributed by atoms with Crippen molar-refractivity contribution in [3.8, 4) is 17.2 Å². The van der Waals surface area contributed by atoms with Crippen LogP contribution in [-0.2, 0) is 11.2 Å². The van der Waals surface area contributed by atoms with E-state index >= 15 is 0 Å². The van der Waals surface area contributed by atoms with Gasteiger partial charge in [-0.25, -0.2) is 18.2 Å². The van der Waals surface area contributed by atoms with E-state index < -0.39 is 17.0 Å². The lowest BCUT2D eigenvalue weighted by Gasteiger charge is -2.28. The summed E-state index contributed by atoms with van der Waals surface area (Å²) in [5.74, 6) is -1.36. The van der Waals surface area contributed by atoms with Crippen LogP contribution in [0.4, 0.5) is 13.2 Å². The molecule has 1 heterocycles. The highest BCUT2D eigenvalue weighted by molar-refractivity contribution is 7.98. The fraction of sp³-hybridized carbons (Fsp3) is 0.222. The second kappa shape index (κ2) is 11.1. The van der Waals surface area contributed by atoms with Crippen molar-refractivity contribution in [2.75, 3.05) is 13.8 Å². The van der Waals surface area contributed by atoms with E-state index in [0.29, 0.717) is 21.6 Å². The number of halogens is 4. The lowest BCUT2D eigenvalue weighted by atomic mass is 9.81. The summed E-state index contributed by atoms with van der Waals surface area (Å²) in [6, 6.07) is 13.7. The van der Waals surface area contributed by atoms with Crippen LogP contribution in [0.2, 0.25) is 5.02 Å². The fourth-order valence-corrected chi connectivity index (χ4v) is 5.15. The number of methoxy groups -OCH3 is 1. The molecule has 194 valence electrons. The molecule has 0 unspecified atom stereocenters. The summed E-state index contributed by atoms with van der Waals surface area (Å²) in [5, 5.41) is 0.967. The van der Waals surface area contributed by atoms with Gasteiger partial charge in [0.25, 0.3) is 0 Å². The van der Waals surface area contributed by atoms with Gasteiger partial charge in [-0.2, -0.15) is 0 Å². The molecule has 5 nitrogen and oxygen atoms in total. The summed E-state index contributed by atoms with van der Waals surface area (Å²) >= 11 is 7.39. The van der Waals surface area contributed by atoms with Crippen molar-refractivity contribution in [2.24, 2.45) is 5.73 Å². The number of nitrogens with two attached hydrogens (primary N) is 1. The van der Waals surface area contributed by atoms with Gasteiger partial charge in [0, 0.05) is 34.6 Å². The number of thioether (sulfide) groups is 1. The number of aromatic nitrogens is 2. The molecule has 4 aromatic rings. The molecule has 0 saturated heterocycles. The molecule has 0 fully saturated rings. The minimum absolute atomic E-state index is 0.0153. The predicted molar refractivity (Wildman–Crippen MR) is 139 cm³/mol. The topological polar surface area (TPSA) is 62.3 Å². The molecule has 4 rings (SSSR count). The van der Waals surface area contributed by atoms with Crippen LogP contribution in [0, 0.1) is 17.5 Å². The zero-order chi connectivity index (χ0) is 26.7. The molecule has 0 radical (unpaired) electrons. The van der Waals surface area contributed by atoms with Gasteiger partial charge in [-0.05, 0) is 42.0 Å². The summed E-state index contributed by atoms with van der Waals surface area (Å²) in [4.78, 5) is 4.58. The highest BCUT2D eigenvalue weighted by Gasteiger charge is 2.30. The van der Waals surface area contributed by atoms with Gasteiger partial charge in [-0.3, -0.25) is 10.3 Å². The van der Waals surface area contributed by atoms with Gasteiger partial charge in [0.2, 0.25) is 0 Å². The van der Waals surface area contributed by atoms with Gasteiger partial charge >= 0.3 is 0 Å². The van der Waals surface area contributed by atoms with Crippen LogP contribution in [-0.4, -0.2) is 23.4 Å². The van der Waals surface area contributed by atoms with E-state index in [1.807, 2.05) is 30.5 Å². The zero-order valence-corrected chi connectivity index (χ0v) is 22.0. The first-order chi connectivity index (χ1) is 17.6. The van der Waals surface area contributed by atoms with E-state index in [0.717, 1.165) is 35.2 Å². The Bertz CT molecular complexity index is 1390. The second-order valence-corrected chi connectivity index (χ2v) is 10.0. The molecule has 2 N–H and O–H groups in total. The van der Waals surface area contributed by atoms with Gasteiger partial charge in [0.05, 0.1) is 24.0 Å². The molecule has 3 aromatic carbocycles. The van der Waals surface area contributed by atoms with Crippen molar-refractivity contribution >= 4 is 23.4 Å². The molecule has 0 saturated carbocycles. The van der Waals surface area contributed by atoms with E-state index in [1.54, 1.807) is 31.5 Å². The van der Waals surface area contributed by atoms with Gasteiger partial charge in [0.1, 0.15) is 35.7 Å². The first-order valence-corrected chi connectivity index (χ1v) is 12.6. The SMILES string of the molecule is COc1cc(C(C)(C)c2cnc(SCc3c(F)cc(OCN)cc3F)n2-c2ccc(F)cc2)ccc1Cl. The predicted octanol–water partition coefficient (Wildman–Crippen LogP) is 6.86. The Morgan fingerprint density at radius 1 is 1.03 bits per heavy atom. The molecule has 0 amide bonds. The van der Waals surface area contributed by atoms with Crippen LogP contribution in [0.1, 0.15) is 30.7 Å². The summed E-state index contributed by atoms with van der Waals surface area (Å²) in [6.07, 6.45) is 1.71. The van der Waals surface area contributed by atoms with Crippen molar-refractivity contribution < 1.29 is 22.6 Å². The number of benzene rings is 3. The Labute approximate surface area is 222 Å². The van der Waals surface area contributed by atoms with Crippen LogP contribution in [0.5, 0.6) is 11.5 Å². The molecule has 37 heavy (non-hydrogen) atoms. The van der Waals surface area contributed by atoms with Gasteiger partial charge in [0.15, 0.2) is 5.16 Å². The van der Waals surface area contributed by atoms with Gasteiger partial charge in [-0.1, -0.05) is 43.3 Å². The number of rotatable bonds is 9. The monoisotopic (exact) mass is 547 g/mol. The molecular weight excluding hydrogens is 523 g/mol. The van der Waals surface area contributed by atoms with E-state index in [9.17, 15) is 13.2 Å². The van der Waals surface area contributed by atoms with Crippen molar-refractivity contribution in [3.63, 3.8) is 0 Å². The first-order valence-electron chi connectivity index (χ1n) is 11.3. The molecular formula is C27H25ClF3N3O2S. The molecule has 0 aliphatic rings. The molecule has 0 bridgehead atoms. The van der Waals surface area contributed by atoms with Crippen molar-refractivity contribution in [3.05, 3.63) is 100 Å². The maximum absolute atomic E-state index is 14.7. The Morgan fingerprint density at radius 3 is 2.32 bits per heavy atom. The van der Waals surface area contributed by atoms with E-state index in [-0.39, 0.29) is 29.6 Å². The van der Waals surface area contributed by atoms with Crippen LogP contribution >= 0.6 is 23.4 Å². The Balaban J connectivity index is 1.76. The molecule has 0 spiro atoms. The van der Waals surface area contributed by atoms with Crippen LogP contribution < -0.4 is 15.2 Å². The van der Waals surface area contributed by atoms with E-state index in [2.05, 4.69) is 4.98 Å². The Morgan fingerprint density at radius 2 is 1.70 bits per heavy atom. The minimum Gasteiger partial charge on any atom is -0.495 e. The smallest absolute Gasteiger partial charge is 0.173 e. The third kappa shape index (κ3) is 5.58. The van der Waals surface area contributed by atoms with Gasteiger partial charge < -0.3 is 9.47 Å². The average molecular weight is 548 g/mol. The van der Waals surface area contributed by atoms with Gasteiger partial charge in [-0.15, -0.1) is 0 Å². The summed E-state index contributed by atoms with van der Waals surface area (Å²) in [7, 11) is 1.54. The molecule has 10 heteroatoms. The van der Waals surface area contributed by atoms with Crippen molar-refractivity contribution in [1.29, 1.82) is 0 Å². The molecule has 0 atom stereocenters. The zero-order valence-electron chi connectivity index (χ0n) is 20.4. The lowest BCUT2D eigenvalue weighted by molar-refractivity contribution is 0.325. The number of nitrogens with zero attached hydrogens (tertiary/aromatic N) is 2. The van der Waals surface area contributed by atoms with Crippen molar-refractivity contribution in [1.82, 2.24) is 9.55 Å². The summed E-state index contributed by atoms with van der Waals surface area (Å²) in [6.45, 7) is 3.83. The number of hydrogen-bond donors (Lipinski definition) is 1. The number of ether oxygens (including phenoxy) is 2. The van der Waals surface area contributed by atoms with Crippen molar-refractivity contribution in [2.45, 2.75) is 30.2 Å². The standard InChI is InChI=1S/C27H25ClF3N3O2S/c1-27(2,16-4-9-21(28)24(10-16)35-3)25-13-33-26(34(25)18-7-5-17(29)6-8-18)37-14-20-22(30)11-19(36-15-32)12-23(20)31/h4-13H,14-15,32H2,1-3H3. The largest absolute Gasteiger partial charge is 0.495 e. The fourth-order valence-electron chi connectivity index (χ4n) is 3.95. The van der Waals surface area contributed by atoms with E-state index in [1.165, 1.54) is 12.1 Å². The molecule has 1 aromatic heterocycles. The Hall–Kier alpha value is -3.14. The highest BCUT2D eigenvalue weighted by Crippen LogP contribution is 2.39. The molecule has 0 aliphatic carbocycles. The average Bonchev–Trinajstić information content (AvgIpc) is 3.29. The Kier molecular flexibility index (Phi) is 8.06. The normalized spacial score (nSPS) is 11.6. The maximum Gasteiger partial charge on any atom is 0.173 e. The number of imidazole rings is 1. The van der Waals surface area contributed by atoms with E-state index in [4.69, 9.17) is 26.8 Å². The first kappa shape index (κ1) is 26.9. The maximum atomic E-state index is 14.7. The number of hydrogen-bond acceptors (Lipinski definition) is 5. The molecule has 0 aliphatic heterocycles. The van der Waals surface area contributed by atoms with Crippen LogP contribution in [0.15, 0.2) is 66.0 Å². The second-order valence-electron chi connectivity index (χ2n) is 8.68. The van der Waals surface area contributed by atoms with Crippen LogP contribution in [0.3, 0.4) is 0 Å². The summed E-state index contributed by atoms with van der Waals surface area (Å²) in [5.41, 5.74) is 6.91. The summed E-state index contributed by atoms with van der Waals surface area (Å²) < 4.78 is 55.3. The quantitative estimate of drug-likeness (QED) is 0.183. The minimum atomic E-state index is -0.746. The van der Waals surface area contributed by atoms with Crippen LogP contribution in [0.25, 0.3) is 5.69 Å². The lowest BCUT2D eigenvalue weighted by Crippen LogP contribution is -2.23.